The van der Waals surface area contributed by atoms with Gasteiger partial charge in [-0.15, -0.1) is 11.3 Å². The lowest BCUT2D eigenvalue weighted by molar-refractivity contribution is 0.0786. The number of carbonyl (C=O) groups is 1. The maximum Gasteiger partial charge on any atom is 0.253 e. The van der Waals surface area contributed by atoms with E-state index in [9.17, 15) is 4.79 Å². The van der Waals surface area contributed by atoms with Crippen LogP contribution in [-0.2, 0) is 11.3 Å². The van der Waals surface area contributed by atoms with Crippen LogP contribution in [-0.4, -0.2) is 54.1 Å². The first-order chi connectivity index (χ1) is 13.5. The molecule has 1 aliphatic heterocycles. The zero-order chi connectivity index (χ0) is 19.7. The number of rotatable bonds is 4. The summed E-state index contributed by atoms with van der Waals surface area (Å²) in [5.41, 5.74) is 2.59. The highest BCUT2D eigenvalue weighted by Crippen LogP contribution is 2.37. The van der Waals surface area contributed by atoms with Crippen LogP contribution < -0.4 is 4.90 Å². The normalized spacial score (nSPS) is 14.5. The van der Waals surface area contributed by atoms with E-state index >= 15 is 0 Å². The van der Waals surface area contributed by atoms with Crippen molar-refractivity contribution in [2.45, 2.75) is 13.5 Å². The first kappa shape index (κ1) is 19.1. The molecule has 1 amide bonds. The lowest BCUT2D eigenvalue weighted by Gasteiger charge is -2.28. The number of amides is 1. The fraction of sp³-hybridized carbons (Fsp3) is 0.350. The zero-order valence-electron chi connectivity index (χ0n) is 15.8. The van der Waals surface area contributed by atoms with E-state index in [2.05, 4.69) is 14.9 Å². The summed E-state index contributed by atoms with van der Waals surface area (Å²) in [4.78, 5) is 26.7. The number of benzene rings is 1. The van der Waals surface area contributed by atoms with E-state index < -0.39 is 0 Å². The molecular weight excluding hydrogens is 396 g/mol. The lowest BCUT2D eigenvalue weighted by atomic mass is 10.2. The van der Waals surface area contributed by atoms with Crippen molar-refractivity contribution >= 4 is 44.9 Å². The number of hydrogen-bond donors (Lipinski definition) is 0. The van der Waals surface area contributed by atoms with E-state index in [4.69, 9.17) is 16.3 Å². The third-order valence-electron chi connectivity index (χ3n) is 4.88. The van der Waals surface area contributed by atoms with Crippen LogP contribution >= 0.6 is 22.9 Å². The maximum atomic E-state index is 12.7. The quantitative estimate of drug-likeness (QED) is 0.606. The van der Waals surface area contributed by atoms with E-state index in [1.807, 2.05) is 44.3 Å². The summed E-state index contributed by atoms with van der Waals surface area (Å²) in [7, 11) is 1.82. The second kappa shape index (κ2) is 8.03. The second-order valence-electron chi connectivity index (χ2n) is 6.77. The molecule has 2 aromatic heterocycles. The van der Waals surface area contributed by atoms with Crippen LogP contribution in [0.2, 0.25) is 5.28 Å². The summed E-state index contributed by atoms with van der Waals surface area (Å²) >= 11 is 7.85. The number of thiophene rings is 1. The van der Waals surface area contributed by atoms with E-state index in [1.54, 1.807) is 16.2 Å². The number of ether oxygens (including phenoxy) is 1. The van der Waals surface area contributed by atoms with E-state index in [-0.39, 0.29) is 11.2 Å². The van der Waals surface area contributed by atoms with Crippen LogP contribution in [0.3, 0.4) is 0 Å². The molecule has 1 aliphatic rings. The van der Waals surface area contributed by atoms with Crippen LogP contribution in [0.25, 0.3) is 10.2 Å². The number of anilines is 1. The summed E-state index contributed by atoms with van der Waals surface area (Å²) in [5, 5.41) is 0.246. The van der Waals surface area contributed by atoms with Crippen LogP contribution in [0.1, 0.15) is 20.8 Å². The molecular formula is C20H21ClN4O2S. The minimum atomic E-state index is -0.00465. The molecule has 0 aliphatic carbocycles. The summed E-state index contributed by atoms with van der Waals surface area (Å²) in [5.74, 6) is 0.852. The molecule has 0 saturated carbocycles. The van der Waals surface area contributed by atoms with Gasteiger partial charge >= 0.3 is 0 Å². The van der Waals surface area contributed by atoms with Gasteiger partial charge < -0.3 is 14.5 Å². The van der Waals surface area contributed by atoms with Crippen LogP contribution in [0, 0.1) is 6.92 Å². The van der Waals surface area contributed by atoms with E-state index in [0.717, 1.165) is 39.6 Å². The predicted octanol–water partition coefficient (Wildman–Crippen LogP) is 3.76. The first-order valence-corrected chi connectivity index (χ1v) is 10.3. The topological polar surface area (TPSA) is 58.6 Å². The number of morpholine rings is 1. The molecule has 0 N–H and O–H groups in total. The highest BCUT2D eigenvalue weighted by atomic mass is 35.5. The fourth-order valence-electron chi connectivity index (χ4n) is 3.32. The molecule has 1 saturated heterocycles. The molecule has 28 heavy (non-hydrogen) atoms. The highest BCUT2D eigenvalue weighted by Gasteiger charge is 2.22. The Kier molecular flexibility index (Phi) is 5.48. The zero-order valence-corrected chi connectivity index (χ0v) is 17.4. The molecule has 0 radical (unpaired) electrons. The van der Waals surface area contributed by atoms with Crippen molar-refractivity contribution < 1.29 is 9.53 Å². The molecule has 3 aromatic rings. The van der Waals surface area contributed by atoms with Gasteiger partial charge in [0.1, 0.15) is 0 Å². The van der Waals surface area contributed by atoms with Gasteiger partial charge in [0.05, 0.1) is 30.0 Å². The Morgan fingerprint density at radius 2 is 1.96 bits per heavy atom. The summed E-state index contributed by atoms with van der Waals surface area (Å²) in [6, 6.07) is 9.31. The largest absolute Gasteiger partial charge is 0.378 e. The van der Waals surface area contributed by atoms with Crippen molar-refractivity contribution in [1.29, 1.82) is 0 Å². The molecule has 0 atom stereocenters. The molecule has 0 unspecified atom stereocenters. The third kappa shape index (κ3) is 3.70. The Labute approximate surface area is 172 Å². The number of halogens is 1. The van der Waals surface area contributed by atoms with Crippen molar-refractivity contribution in [3.8, 4) is 0 Å². The van der Waals surface area contributed by atoms with Gasteiger partial charge in [-0.2, -0.15) is 4.98 Å². The Bertz CT molecular complexity index is 1000. The van der Waals surface area contributed by atoms with Crippen molar-refractivity contribution in [2.75, 3.05) is 38.3 Å². The SMILES string of the molecule is Cc1c(CN(C)C(=O)c2ccccc2)sc2c(N3CCOCC3)nc(Cl)nc12. The van der Waals surface area contributed by atoms with Crippen molar-refractivity contribution in [1.82, 2.24) is 14.9 Å². The minimum Gasteiger partial charge on any atom is -0.378 e. The molecule has 146 valence electrons. The Morgan fingerprint density at radius 3 is 2.68 bits per heavy atom. The van der Waals surface area contributed by atoms with Gasteiger partial charge in [-0.1, -0.05) is 18.2 Å². The molecule has 1 fully saturated rings. The predicted molar refractivity (Wildman–Crippen MR) is 112 cm³/mol. The third-order valence-corrected chi connectivity index (χ3v) is 6.31. The Balaban J connectivity index is 1.66. The van der Waals surface area contributed by atoms with Crippen molar-refractivity contribution in [2.24, 2.45) is 0 Å². The van der Waals surface area contributed by atoms with Gasteiger partial charge in [0, 0.05) is 30.6 Å². The number of carbonyl (C=O) groups excluding carboxylic acids is 1. The molecule has 6 nitrogen and oxygen atoms in total. The number of hydrogen-bond acceptors (Lipinski definition) is 6. The summed E-state index contributed by atoms with van der Waals surface area (Å²) in [6.45, 7) is 5.45. The summed E-state index contributed by atoms with van der Waals surface area (Å²) < 4.78 is 6.47. The Hall–Kier alpha value is -2.22. The van der Waals surface area contributed by atoms with Gasteiger partial charge in [0.15, 0.2) is 5.82 Å². The highest BCUT2D eigenvalue weighted by molar-refractivity contribution is 7.19. The van der Waals surface area contributed by atoms with Gasteiger partial charge in [0.2, 0.25) is 5.28 Å². The average molecular weight is 417 g/mol. The lowest BCUT2D eigenvalue weighted by Crippen LogP contribution is -2.36. The molecule has 0 bridgehead atoms. The van der Waals surface area contributed by atoms with Gasteiger partial charge in [-0.25, -0.2) is 4.98 Å². The van der Waals surface area contributed by atoms with E-state index in [1.165, 1.54) is 0 Å². The first-order valence-electron chi connectivity index (χ1n) is 9.13. The summed E-state index contributed by atoms with van der Waals surface area (Å²) in [6.07, 6.45) is 0. The Morgan fingerprint density at radius 1 is 1.25 bits per heavy atom. The smallest absolute Gasteiger partial charge is 0.253 e. The van der Waals surface area contributed by atoms with Gasteiger partial charge in [-0.3, -0.25) is 4.79 Å². The van der Waals surface area contributed by atoms with Gasteiger partial charge in [0.25, 0.3) is 5.91 Å². The monoisotopic (exact) mass is 416 g/mol. The maximum absolute atomic E-state index is 12.7. The minimum absolute atomic E-state index is 0.00465. The van der Waals surface area contributed by atoms with E-state index in [0.29, 0.717) is 25.3 Å². The number of nitrogens with zero attached hydrogens (tertiary/aromatic N) is 4. The number of fused-ring (bicyclic) bond motifs is 1. The fourth-order valence-corrected chi connectivity index (χ4v) is 4.80. The average Bonchev–Trinajstić information content (AvgIpc) is 3.03. The van der Waals surface area contributed by atoms with Crippen LogP contribution in [0.4, 0.5) is 5.82 Å². The molecule has 8 heteroatoms. The standard InChI is InChI=1S/C20H21ClN4O2S/c1-13-15(12-24(2)19(26)14-6-4-3-5-7-14)28-17-16(13)22-20(21)23-18(17)25-8-10-27-11-9-25/h3-7H,8-12H2,1-2H3. The van der Waals surface area contributed by atoms with Crippen molar-refractivity contribution in [3.63, 3.8) is 0 Å². The number of aromatic nitrogens is 2. The molecule has 3 heterocycles. The molecule has 0 spiro atoms. The second-order valence-corrected chi connectivity index (χ2v) is 8.21. The van der Waals surface area contributed by atoms with Crippen LogP contribution in [0.5, 0.6) is 0 Å². The molecule has 4 rings (SSSR count). The van der Waals surface area contributed by atoms with Gasteiger partial charge in [-0.05, 0) is 36.2 Å². The number of aryl methyl sites for hydroxylation is 1. The van der Waals surface area contributed by atoms with Crippen molar-refractivity contribution in [3.05, 3.63) is 51.6 Å². The molecule has 1 aromatic carbocycles. The van der Waals surface area contributed by atoms with Crippen LogP contribution in [0.15, 0.2) is 30.3 Å².